The second kappa shape index (κ2) is 3.92. The van der Waals surface area contributed by atoms with Crippen molar-refractivity contribution < 1.29 is 5.11 Å². The van der Waals surface area contributed by atoms with E-state index in [4.69, 9.17) is 5.11 Å². The summed E-state index contributed by atoms with van der Waals surface area (Å²) in [6, 6.07) is 2.01. The first-order valence-electron chi connectivity index (χ1n) is 4.70. The van der Waals surface area contributed by atoms with Crippen LogP contribution in [0.3, 0.4) is 0 Å². The molecular weight excluding hydrogens is 164 g/mol. The first kappa shape index (κ1) is 10.3. The van der Waals surface area contributed by atoms with E-state index >= 15 is 0 Å². The zero-order valence-corrected chi connectivity index (χ0v) is 8.62. The van der Waals surface area contributed by atoms with Crippen LogP contribution in [0.4, 0.5) is 0 Å². The molecule has 3 nitrogen and oxygen atoms in total. The van der Waals surface area contributed by atoms with Crippen LogP contribution in [0.25, 0.3) is 0 Å². The Balaban J connectivity index is 2.73. The van der Waals surface area contributed by atoms with Crippen LogP contribution in [0, 0.1) is 5.41 Å². The maximum atomic E-state index is 9.13. The molecule has 1 N–H and O–H groups in total. The molecule has 0 saturated carbocycles. The molecule has 74 valence electrons. The number of aryl methyl sites for hydroxylation is 1. The van der Waals surface area contributed by atoms with Crippen LogP contribution in [0.1, 0.15) is 26.5 Å². The normalized spacial score (nSPS) is 12.0. The first-order chi connectivity index (χ1) is 6.09. The fourth-order valence-corrected chi connectivity index (χ4v) is 1.34. The second-order valence-electron chi connectivity index (χ2n) is 4.14. The molecule has 0 saturated heterocycles. The van der Waals surface area contributed by atoms with Gasteiger partial charge in [0.25, 0.3) is 0 Å². The Morgan fingerprint density at radius 2 is 2.23 bits per heavy atom. The predicted molar refractivity (Wildman–Crippen MR) is 52.5 cm³/mol. The molecule has 0 unspecified atom stereocenters. The molecule has 0 aliphatic carbocycles. The van der Waals surface area contributed by atoms with E-state index < -0.39 is 0 Å². The van der Waals surface area contributed by atoms with E-state index in [9.17, 15) is 0 Å². The molecule has 1 rings (SSSR count). The Hall–Kier alpha value is -0.830. The maximum Gasteiger partial charge on any atom is 0.0492 e. The van der Waals surface area contributed by atoms with Crippen LogP contribution in [-0.2, 0) is 13.0 Å². The number of nitrogens with zero attached hydrogens (tertiary/aromatic N) is 2. The Morgan fingerprint density at radius 1 is 1.54 bits per heavy atom. The highest BCUT2D eigenvalue weighted by atomic mass is 16.3. The van der Waals surface area contributed by atoms with Gasteiger partial charge < -0.3 is 5.11 Å². The average molecular weight is 182 g/mol. The van der Waals surface area contributed by atoms with E-state index in [1.165, 1.54) is 5.69 Å². The predicted octanol–water partition coefficient (Wildman–Crippen LogP) is 1.46. The lowest BCUT2D eigenvalue weighted by Crippen LogP contribution is -2.21. The third kappa shape index (κ3) is 2.56. The number of aliphatic hydroxyl groups excluding tert-OH is 1. The Kier molecular flexibility index (Phi) is 3.09. The molecule has 1 aromatic rings. The molecule has 0 radical (unpaired) electrons. The summed E-state index contributed by atoms with van der Waals surface area (Å²) in [4.78, 5) is 0. The number of rotatable bonds is 4. The van der Waals surface area contributed by atoms with E-state index in [1.807, 2.05) is 16.9 Å². The van der Waals surface area contributed by atoms with Gasteiger partial charge in [-0.1, -0.05) is 13.8 Å². The minimum Gasteiger partial charge on any atom is -0.396 e. The number of hydrogen-bond acceptors (Lipinski definition) is 2. The van der Waals surface area contributed by atoms with Crippen molar-refractivity contribution in [1.29, 1.82) is 0 Å². The highest BCUT2D eigenvalue weighted by Crippen LogP contribution is 2.20. The van der Waals surface area contributed by atoms with Gasteiger partial charge in [0.2, 0.25) is 0 Å². The summed E-state index contributed by atoms with van der Waals surface area (Å²) in [7, 11) is 0. The molecule has 0 aliphatic rings. The van der Waals surface area contributed by atoms with Gasteiger partial charge in [0.15, 0.2) is 0 Å². The van der Waals surface area contributed by atoms with Gasteiger partial charge >= 0.3 is 0 Å². The molecule has 13 heavy (non-hydrogen) atoms. The van der Waals surface area contributed by atoms with Crippen molar-refractivity contribution in [2.45, 2.75) is 33.7 Å². The van der Waals surface area contributed by atoms with E-state index in [0.29, 0.717) is 0 Å². The zero-order chi connectivity index (χ0) is 9.90. The molecule has 0 amide bonds. The summed E-state index contributed by atoms with van der Waals surface area (Å²) >= 11 is 0. The van der Waals surface area contributed by atoms with E-state index in [0.717, 1.165) is 13.0 Å². The number of aliphatic hydroxyl groups is 1. The van der Waals surface area contributed by atoms with Crippen LogP contribution in [0.5, 0.6) is 0 Å². The van der Waals surface area contributed by atoms with E-state index in [-0.39, 0.29) is 12.0 Å². The van der Waals surface area contributed by atoms with Gasteiger partial charge in [0.05, 0.1) is 0 Å². The van der Waals surface area contributed by atoms with Crippen LogP contribution >= 0.6 is 0 Å². The second-order valence-corrected chi connectivity index (χ2v) is 4.14. The van der Waals surface area contributed by atoms with E-state index in [1.54, 1.807) is 0 Å². The average Bonchev–Trinajstić information content (AvgIpc) is 2.51. The molecule has 3 heteroatoms. The molecule has 0 atom stereocenters. The number of hydrogen-bond donors (Lipinski definition) is 1. The smallest absolute Gasteiger partial charge is 0.0492 e. The van der Waals surface area contributed by atoms with Crippen molar-refractivity contribution in [3.05, 3.63) is 18.0 Å². The van der Waals surface area contributed by atoms with Crippen molar-refractivity contribution in [3.8, 4) is 0 Å². The first-order valence-corrected chi connectivity index (χ1v) is 4.70. The fourth-order valence-electron chi connectivity index (χ4n) is 1.34. The van der Waals surface area contributed by atoms with Gasteiger partial charge in [0.1, 0.15) is 0 Å². The van der Waals surface area contributed by atoms with Crippen molar-refractivity contribution in [2.24, 2.45) is 5.41 Å². The van der Waals surface area contributed by atoms with Crippen LogP contribution < -0.4 is 0 Å². The molecular formula is C10H18N2O. The van der Waals surface area contributed by atoms with Crippen LogP contribution in [0.15, 0.2) is 12.3 Å². The number of aromatic nitrogens is 2. The molecule has 0 aromatic carbocycles. The molecule has 1 heterocycles. The van der Waals surface area contributed by atoms with Crippen molar-refractivity contribution in [1.82, 2.24) is 9.78 Å². The lowest BCUT2D eigenvalue weighted by Gasteiger charge is -2.21. The van der Waals surface area contributed by atoms with Crippen molar-refractivity contribution >= 4 is 0 Å². The standard InChI is InChI=1S/C10H18N2O/c1-4-12-9(5-6-11-12)7-10(2,3)8-13/h5-6,13H,4,7-8H2,1-3H3. The minimum absolute atomic E-state index is 0.0487. The van der Waals surface area contributed by atoms with Crippen molar-refractivity contribution in [2.75, 3.05) is 6.61 Å². The molecule has 0 fully saturated rings. The van der Waals surface area contributed by atoms with Gasteiger partial charge in [-0.3, -0.25) is 4.68 Å². The summed E-state index contributed by atoms with van der Waals surface area (Å²) in [6.45, 7) is 7.29. The van der Waals surface area contributed by atoms with Gasteiger partial charge in [-0.25, -0.2) is 0 Å². The van der Waals surface area contributed by atoms with Gasteiger partial charge in [-0.05, 0) is 24.8 Å². The fraction of sp³-hybridized carbons (Fsp3) is 0.700. The monoisotopic (exact) mass is 182 g/mol. The summed E-state index contributed by atoms with van der Waals surface area (Å²) in [5.41, 5.74) is 1.15. The Labute approximate surface area is 79.4 Å². The third-order valence-electron chi connectivity index (χ3n) is 2.19. The lowest BCUT2D eigenvalue weighted by atomic mass is 9.89. The molecule has 1 aromatic heterocycles. The van der Waals surface area contributed by atoms with Crippen LogP contribution in [0.2, 0.25) is 0 Å². The summed E-state index contributed by atoms with van der Waals surface area (Å²) in [5, 5.41) is 13.3. The Morgan fingerprint density at radius 3 is 2.77 bits per heavy atom. The molecule has 0 spiro atoms. The molecule has 0 bridgehead atoms. The largest absolute Gasteiger partial charge is 0.396 e. The Bertz CT molecular complexity index is 266. The highest BCUT2D eigenvalue weighted by Gasteiger charge is 2.18. The highest BCUT2D eigenvalue weighted by molar-refractivity contribution is 5.03. The maximum absolute atomic E-state index is 9.13. The quantitative estimate of drug-likeness (QED) is 0.765. The van der Waals surface area contributed by atoms with Crippen LogP contribution in [-0.4, -0.2) is 21.5 Å². The van der Waals surface area contributed by atoms with Gasteiger partial charge in [-0.15, -0.1) is 0 Å². The van der Waals surface area contributed by atoms with Gasteiger partial charge in [0, 0.05) is 25.0 Å². The van der Waals surface area contributed by atoms with Gasteiger partial charge in [-0.2, -0.15) is 5.10 Å². The minimum atomic E-state index is -0.0487. The summed E-state index contributed by atoms with van der Waals surface area (Å²) in [6.07, 6.45) is 2.68. The van der Waals surface area contributed by atoms with Crippen molar-refractivity contribution in [3.63, 3.8) is 0 Å². The van der Waals surface area contributed by atoms with E-state index in [2.05, 4.69) is 25.9 Å². The summed E-state index contributed by atoms with van der Waals surface area (Å²) in [5.74, 6) is 0. The SMILES string of the molecule is CCn1nccc1CC(C)(C)CO. The topological polar surface area (TPSA) is 38.0 Å². The lowest BCUT2D eigenvalue weighted by molar-refractivity contribution is 0.157. The summed E-state index contributed by atoms with van der Waals surface area (Å²) < 4.78 is 1.97. The third-order valence-corrected chi connectivity index (χ3v) is 2.19. The molecule has 0 aliphatic heterocycles. The zero-order valence-electron chi connectivity index (χ0n) is 8.62.